The molecule has 0 aliphatic carbocycles. The summed E-state index contributed by atoms with van der Waals surface area (Å²) in [6, 6.07) is 10.3. The van der Waals surface area contributed by atoms with Crippen LogP contribution in [-0.4, -0.2) is 11.6 Å². The maximum absolute atomic E-state index is 13.1. The van der Waals surface area contributed by atoms with Crippen LogP contribution in [-0.2, 0) is 19.5 Å². The molecule has 4 rings (SSSR count). The molecule has 0 spiro atoms. The van der Waals surface area contributed by atoms with Gasteiger partial charge in [0.1, 0.15) is 23.9 Å². The average Bonchev–Trinajstić information content (AvgIpc) is 2.69. The largest absolute Gasteiger partial charge is 0.477 e. The Bertz CT molecular complexity index is 1060. The van der Waals surface area contributed by atoms with Gasteiger partial charge in [-0.2, -0.15) is 0 Å². The molecule has 0 fully saturated rings. The van der Waals surface area contributed by atoms with E-state index in [0.29, 0.717) is 18.9 Å². The van der Waals surface area contributed by atoms with Gasteiger partial charge in [0.15, 0.2) is 0 Å². The van der Waals surface area contributed by atoms with Crippen LogP contribution in [0.2, 0.25) is 0 Å². The van der Waals surface area contributed by atoms with Crippen molar-refractivity contribution in [3.63, 3.8) is 0 Å². The number of halogens is 1. The number of hydrogen-bond acceptors (Lipinski definition) is 4. The van der Waals surface area contributed by atoms with Gasteiger partial charge in [0, 0.05) is 35.7 Å². The van der Waals surface area contributed by atoms with Gasteiger partial charge in [0.25, 0.3) is 0 Å². The summed E-state index contributed by atoms with van der Waals surface area (Å²) in [4.78, 5) is 14.2. The molecule has 0 radical (unpaired) electrons. The highest BCUT2D eigenvalue weighted by molar-refractivity contribution is 5.86. The van der Waals surface area contributed by atoms with Crippen molar-refractivity contribution in [3.05, 3.63) is 74.9 Å². The lowest BCUT2D eigenvalue weighted by Crippen LogP contribution is -2.32. The summed E-state index contributed by atoms with van der Waals surface area (Å²) >= 11 is 0. The third kappa shape index (κ3) is 3.67. The van der Waals surface area contributed by atoms with Crippen molar-refractivity contribution in [1.82, 2.24) is 4.90 Å². The summed E-state index contributed by atoms with van der Waals surface area (Å²) in [6.45, 7) is 5.95. The zero-order valence-corrected chi connectivity index (χ0v) is 16.3. The Hall–Kier alpha value is -2.66. The van der Waals surface area contributed by atoms with Gasteiger partial charge >= 0.3 is 5.63 Å². The third-order valence-electron chi connectivity index (χ3n) is 5.28. The smallest absolute Gasteiger partial charge is 0.336 e. The van der Waals surface area contributed by atoms with Crippen LogP contribution in [0.5, 0.6) is 5.75 Å². The Morgan fingerprint density at radius 2 is 1.96 bits per heavy atom. The lowest BCUT2D eigenvalue weighted by atomic mass is 9.98. The van der Waals surface area contributed by atoms with Gasteiger partial charge in [0.2, 0.25) is 0 Å². The highest BCUT2D eigenvalue weighted by Crippen LogP contribution is 2.36. The predicted octanol–water partition coefficient (Wildman–Crippen LogP) is 4.94. The fourth-order valence-electron chi connectivity index (χ4n) is 3.86. The summed E-state index contributed by atoms with van der Waals surface area (Å²) in [6.07, 6.45) is 2.96. The molecule has 0 N–H and O–H groups in total. The molecular formula is C23H24FNO3. The maximum Gasteiger partial charge on any atom is 0.336 e. The monoisotopic (exact) mass is 381 g/mol. The Morgan fingerprint density at radius 1 is 1.18 bits per heavy atom. The maximum atomic E-state index is 13.1. The number of nitrogens with zero attached hydrogens (tertiary/aromatic N) is 1. The molecule has 146 valence electrons. The molecule has 0 saturated carbocycles. The van der Waals surface area contributed by atoms with Crippen molar-refractivity contribution in [2.45, 2.75) is 46.2 Å². The number of aryl methyl sites for hydroxylation is 2. The fourth-order valence-corrected chi connectivity index (χ4v) is 3.86. The predicted molar refractivity (Wildman–Crippen MR) is 107 cm³/mol. The second-order valence-electron chi connectivity index (χ2n) is 7.45. The summed E-state index contributed by atoms with van der Waals surface area (Å²) in [5.41, 5.74) is 4.37. The molecule has 28 heavy (non-hydrogen) atoms. The lowest BCUT2D eigenvalue weighted by Gasteiger charge is -2.30. The van der Waals surface area contributed by atoms with Gasteiger partial charge in [-0.1, -0.05) is 25.5 Å². The first kappa shape index (κ1) is 18.7. The highest BCUT2D eigenvalue weighted by atomic mass is 19.1. The van der Waals surface area contributed by atoms with E-state index < -0.39 is 0 Å². The summed E-state index contributed by atoms with van der Waals surface area (Å²) in [7, 11) is 0. The number of benzene rings is 2. The van der Waals surface area contributed by atoms with Crippen LogP contribution < -0.4 is 10.4 Å². The molecule has 1 aromatic heterocycles. The molecule has 3 aromatic rings. The lowest BCUT2D eigenvalue weighted by molar-refractivity contribution is 0.0881. The second-order valence-corrected chi connectivity index (χ2v) is 7.45. The molecule has 2 aromatic carbocycles. The minimum atomic E-state index is -0.310. The zero-order chi connectivity index (χ0) is 19.7. The molecule has 5 heteroatoms. The first-order chi connectivity index (χ1) is 13.5. The summed E-state index contributed by atoms with van der Waals surface area (Å²) in [5.74, 6) is 0.575. The van der Waals surface area contributed by atoms with E-state index in [4.69, 9.17) is 9.15 Å². The van der Waals surface area contributed by atoms with E-state index in [1.807, 2.05) is 6.92 Å². The van der Waals surface area contributed by atoms with Crippen molar-refractivity contribution in [2.24, 2.45) is 0 Å². The normalized spacial score (nSPS) is 14.1. The minimum absolute atomic E-state index is 0.229. The van der Waals surface area contributed by atoms with Crippen LogP contribution in [0.1, 0.15) is 42.0 Å². The van der Waals surface area contributed by atoms with Crippen LogP contribution in [0.15, 0.2) is 45.6 Å². The summed E-state index contributed by atoms with van der Waals surface area (Å²) in [5, 5.41) is 0.997. The number of unbranched alkanes of at least 4 members (excludes halogenated alkanes) is 1. The molecule has 4 nitrogen and oxygen atoms in total. The van der Waals surface area contributed by atoms with E-state index in [0.717, 1.165) is 59.2 Å². The fraction of sp³-hybridized carbons (Fsp3) is 0.348. The molecular weight excluding hydrogens is 357 g/mol. The number of hydrogen-bond donors (Lipinski definition) is 0. The van der Waals surface area contributed by atoms with Crippen LogP contribution >= 0.6 is 0 Å². The van der Waals surface area contributed by atoms with Gasteiger partial charge in [-0.3, -0.25) is 4.90 Å². The summed E-state index contributed by atoms with van der Waals surface area (Å²) < 4.78 is 24.7. The van der Waals surface area contributed by atoms with E-state index in [1.54, 1.807) is 18.2 Å². The van der Waals surface area contributed by atoms with Crippen molar-refractivity contribution < 1.29 is 13.5 Å². The van der Waals surface area contributed by atoms with Crippen molar-refractivity contribution in [1.29, 1.82) is 0 Å². The standard InChI is InChI=1S/C23H24FNO3/c1-3-4-5-17-11-21(26)28-23-15(2)22-18(10-20(17)23)13-25(14-27-22)12-16-6-8-19(24)9-7-16/h6-11H,3-5,12-14H2,1-2H3. The molecule has 0 atom stereocenters. The molecule has 2 heterocycles. The molecule has 1 aliphatic rings. The molecule has 1 aliphatic heterocycles. The van der Waals surface area contributed by atoms with Gasteiger partial charge in [-0.25, -0.2) is 9.18 Å². The first-order valence-electron chi connectivity index (χ1n) is 9.74. The van der Waals surface area contributed by atoms with Gasteiger partial charge in [0.05, 0.1) is 0 Å². The molecule has 0 unspecified atom stereocenters. The molecule has 0 saturated heterocycles. The highest BCUT2D eigenvalue weighted by Gasteiger charge is 2.23. The van der Waals surface area contributed by atoms with Crippen LogP contribution in [0, 0.1) is 12.7 Å². The Morgan fingerprint density at radius 3 is 2.71 bits per heavy atom. The van der Waals surface area contributed by atoms with E-state index in [-0.39, 0.29) is 11.4 Å². The second kappa shape index (κ2) is 7.76. The quantitative estimate of drug-likeness (QED) is 0.588. The first-order valence-corrected chi connectivity index (χ1v) is 9.74. The van der Waals surface area contributed by atoms with E-state index in [2.05, 4.69) is 17.9 Å². The SMILES string of the molecule is CCCCc1cc(=O)oc2c(C)c3c(cc12)CN(Cc1ccc(F)cc1)CO3. The number of fused-ring (bicyclic) bond motifs is 2. The Kier molecular flexibility index (Phi) is 5.18. The number of ether oxygens (including phenoxy) is 1. The van der Waals surface area contributed by atoms with E-state index >= 15 is 0 Å². The van der Waals surface area contributed by atoms with Gasteiger partial charge < -0.3 is 9.15 Å². The molecule has 0 bridgehead atoms. The Balaban J connectivity index is 1.68. The zero-order valence-electron chi connectivity index (χ0n) is 16.3. The van der Waals surface area contributed by atoms with E-state index in [9.17, 15) is 9.18 Å². The van der Waals surface area contributed by atoms with Crippen LogP contribution in [0.25, 0.3) is 11.0 Å². The van der Waals surface area contributed by atoms with Crippen molar-refractivity contribution in [3.8, 4) is 5.75 Å². The average molecular weight is 381 g/mol. The van der Waals surface area contributed by atoms with Crippen molar-refractivity contribution in [2.75, 3.05) is 6.73 Å². The van der Waals surface area contributed by atoms with Crippen LogP contribution in [0.4, 0.5) is 4.39 Å². The van der Waals surface area contributed by atoms with Crippen molar-refractivity contribution >= 4 is 11.0 Å². The van der Waals surface area contributed by atoms with Gasteiger partial charge in [-0.15, -0.1) is 0 Å². The topological polar surface area (TPSA) is 42.7 Å². The Labute approximate surface area is 163 Å². The van der Waals surface area contributed by atoms with Crippen LogP contribution in [0.3, 0.4) is 0 Å². The molecule has 0 amide bonds. The number of rotatable bonds is 5. The third-order valence-corrected chi connectivity index (χ3v) is 5.28. The van der Waals surface area contributed by atoms with Gasteiger partial charge in [-0.05, 0) is 49.1 Å². The van der Waals surface area contributed by atoms with E-state index in [1.165, 1.54) is 12.1 Å². The minimum Gasteiger partial charge on any atom is -0.477 e.